The Morgan fingerprint density at radius 3 is 2.89 bits per heavy atom. The van der Waals surface area contributed by atoms with Crippen LogP contribution in [0.5, 0.6) is 0 Å². The standard InChI is InChI=1S/C15H26N4/c1-10(2)18-15-14(5-6-17-15)12(4)19-13-7-11(3)8-16-9-13/h5-6,10-11,13,16,19H,7-9H2,1-4H3,(H,17,18)/b14-12+/t11-,13+/m1/s1. The summed E-state index contributed by atoms with van der Waals surface area (Å²) in [7, 11) is 0. The third-order valence-corrected chi connectivity index (χ3v) is 3.51. The second-order valence-electron chi connectivity index (χ2n) is 5.93. The number of rotatable bonds is 3. The van der Waals surface area contributed by atoms with Crippen LogP contribution in [0.15, 0.2) is 28.5 Å². The van der Waals surface area contributed by atoms with Crippen molar-refractivity contribution in [2.75, 3.05) is 13.1 Å². The SMILES string of the molecule is C/C(N[C@@H]1CNC[C@H](C)C1)=C1/C=CN/C1=N/C(C)C. The molecule has 0 unspecified atom stereocenters. The summed E-state index contributed by atoms with van der Waals surface area (Å²) < 4.78 is 0. The fourth-order valence-corrected chi connectivity index (χ4v) is 2.68. The van der Waals surface area contributed by atoms with Gasteiger partial charge in [0.1, 0.15) is 5.84 Å². The molecule has 19 heavy (non-hydrogen) atoms. The van der Waals surface area contributed by atoms with Gasteiger partial charge in [-0.05, 0) is 45.7 Å². The van der Waals surface area contributed by atoms with Gasteiger partial charge in [0.25, 0.3) is 0 Å². The lowest BCUT2D eigenvalue weighted by molar-refractivity contribution is 0.334. The minimum Gasteiger partial charge on any atom is -0.384 e. The summed E-state index contributed by atoms with van der Waals surface area (Å²) in [4.78, 5) is 4.62. The molecule has 1 fully saturated rings. The molecular weight excluding hydrogens is 236 g/mol. The van der Waals surface area contributed by atoms with E-state index in [4.69, 9.17) is 0 Å². The molecule has 3 N–H and O–H groups in total. The summed E-state index contributed by atoms with van der Waals surface area (Å²) in [5.74, 6) is 1.72. The van der Waals surface area contributed by atoms with E-state index in [1.807, 2.05) is 6.20 Å². The van der Waals surface area contributed by atoms with Crippen LogP contribution in [-0.4, -0.2) is 31.0 Å². The van der Waals surface area contributed by atoms with Crippen LogP contribution >= 0.6 is 0 Å². The number of aliphatic imine (C=N–C) groups is 1. The number of piperidine rings is 1. The molecule has 2 aliphatic heterocycles. The molecule has 2 aliphatic rings. The minimum absolute atomic E-state index is 0.307. The summed E-state index contributed by atoms with van der Waals surface area (Å²) in [6.45, 7) is 10.8. The van der Waals surface area contributed by atoms with E-state index in [1.54, 1.807) is 0 Å². The maximum atomic E-state index is 4.62. The molecule has 0 aromatic heterocycles. The molecule has 2 atom stereocenters. The first-order valence-corrected chi connectivity index (χ1v) is 7.25. The van der Waals surface area contributed by atoms with Gasteiger partial charge < -0.3 is 16.0 Å². The third kappa shape index (κ3) is 3.83. The van der Waals surface area contributed by atoms with Crippen molar-refractivity contribution in [1.29, 1.82) is 0 Å². The van der Waals surface area contributed by atoms with Crippen LogP contribution in [0.2, 0.25) is 0 Å². The van der Waals surface area contributed by atoms with Crippen LogP contribution in [0.4, 0.5) is 0 Å². The zero-order valence-electron chi connectivity index (χ0n) is 12.5. The molecule has 4 heteroatoms. The van der Waals surface area contributed by atoms with Crippen LogP contribution < -0.4 is 16.0 Å². The van der Waals surface area contributed by atoms with Gasteiger partial charge in [-0.25, -0.2) is 0 Å². The molecule has 0 spiro atoms. The van der Waals surface area contributed by atoms with E-state index in [9.17, 15) is 0 Å². The Morgan fingerprint density at radius 1 is 1.42 bits per heavy atom. The molecule has 106 valence electrons. The van der Waals surface area contributed by atoms with Crippen molar-refractivity contribution in [1.82, 2.24) is 16.0 Å². The minimum atomic E-state index is 0.307. The van der Waals surface area contributed by atoms with Crippen molar-refractivity contribution < 1.29 is 0 Å². The zero-order chi connectivity index (χ0) is 13.8. The maximum absolute atomic E-state index is 4.62. The summed E-state index contributed by atoms with van der Waals surface area (Å²) in [6, 6.07) is 0.826. The highest BCUT2D eigenvalue weighted by Crippen LogP contribution is 2.15. The highest BCUT2D eigenvalue weighted by Gasteiger charge is 2.20. The van der Waals surface area contributed by atoms with Gasteiger partial charge in [0.2, 0.25) is 0 Å². The predicted octanol–water partition coefficient (Wildman–Crippen LogP) is 1.77. The van der Waals surface area contributed by atoms with E-state index >= 15 is 0 Å². The first-order chi connectivity index (χ1) is 9.06. The van der Waals surface area contributed by atoms with Gasteiger partial charge >= 0.3 is 0 Å². The van der Waals surface area contributed by atoms with E-state index in [-0.39, 0.29) is 0 Å². The molecule has 4 nitrogen and oxygen atoms in total. The maximum Gasteiger partial charge on any atom is 0.134 e. The Bertz CT molecular complexity index is 406. The van der Waals surface area contributed by atoms with Crippen molar-refractivity contribution in [3.05, 3.63) is 23.5 Å². The van der Waals surface area contributed by atoms with Crippen LogP contribution in [-0.2, 0) is 0 Å². The number of nitrogens with zero attached hydrogens (tertiary/aromatic N) is 1. The van der Waals surface area contributed by atoms with Gasteiger partial charge in [0, 0.05) is 36.1 Å². The first kappa shape index (κ1) is 14.1. The van der Waals surface area contributed by atoms with Crippen molar-refractivity contribution >= 4 is 5.84 Å². The van der Waals surface area contributed by atoms with Crippen LogP contribution in [0.25, 0.3) is 0 Å². The summed E-state index contributed by atoms with van der Waals surface area (Å²) in [6.07, 6.45) is 5.29. The van der Waals surface area contributed by atoms with Crippen LogP contribution in [0, 0.1) is 5.92 Å². The number of hydrogen-bond acceptors (Lipinski definition) is 3. The Kier molecular flexibility index (Phi) is 4.64. The smallest absolute Gasteiger partial charge is 0.134 e. The topological polar surface area (TPSA) is 48.4 Å². The van der Waals surface area contributed by atoms with E-state index in [2.05, 4.69) is 54.7 Å². The fourth-order valence-electron chi connectivity index (χ4n) is 2.68. The molecule has 0 radical (unpaired) electrons. The molecule has 1 saturated heterocycles. The normalized spacial score (nSPS) is 31.7. The van der Waals surface area contributed by atoms with Gasteiger partial charge in [-0.2, -0.15) is 0 Å². The second kappa shape index (κ2) is 6.24. The Labute approximate surface area is 116 Å². The molecule has 0 aromatic carbocycles. The van der Waals surface area contributed by atoms with Gasteiger partial charge in [0.05, 0.1) is 0 Å². The molecule has 2 heterocycles. The van der Waals surface area contributed by atoms with Crippen LogP contribution in [0.1, 0.15) is 34.1 Å². The van der Waals surface area contributed by atoms with Gasteiger partial charge in [-0.15, -0.1) is 0 Å². The molecular formula is C15H26N4. The average Bonchev–Trinajstić information content (AvgIpc) is 2.76. The predicted molar refractivity (Wildman–Crippen MR) is 81.1 cm³/mol. The lowest BCUT2D eigenvalue weighted by atomic mass is 9.97. The highest BCUT2D eigenvalue weighted by atomic mass is 15.0. The second-order valence-corrected chi connectivity index (χ2v) is 5.93. The highest BCUT2D eigenvalue weighted by molar-refractivity contribution is 6.04. The van der Waals surface area contributed by atoms with Crippen molar-refractivity contribution in [3.63, 3.8) is 0 Å². The van der Waals surface area contributed by atoms with Gasteiger partial charge in [-0.1, -0.05) is 6.92 Å². The van der Waals surface area contributed by atoms with E-state index < -0.39 is 0 Å². The quantitative estimate of drug-likeness (QED) is 0.726. The fraction of sp³-hybridized carbons (Fsp3) is 0.667. The monoisotopic (exact) mass is 262 g/mol. The van der Waals surface area contributed by atoms with Crippen molar-refractivity contribution in [2.45, 2.75) is 46.2 Å². The lowest BCUT2D eigenvalue weighted by Gasteiger charge is -2.29. The van der Waals surface area contributed by atoms with E-state index in [0.717, 1.165) is 24.8 Å². The van der Waals surface area contributed by atoms with Gasteiger partial charge in [0.15, 0.2) is 0 Å². The van der Waals surface area contributed by atoms with Crippen molar-refractivity contribution in [3.8, 4) is 0 Å². The summed E-state index contributed by atoms with van der Waals surface area (Å²) >= 11 is 0. The zero-order valence-corrected chi connectivity index (χ0v) is 12.5. The number of allylic oxidation sites excluding steroid dienone is 1. The number of nitrogens with one attached hydrogen (secondary N) is 3. The summed E-state index contributed by atoms with van der Waals surface area (Å²) in [5.41, 5.74) is 2.40. The molecule has 0 amide bonds. The summed E-state index contributed by atoms with van der Waals surface area (Å²) in [5, 5.41) is 10.3. The third-order valence-electron chi connectivity index (χ3n) is 3.51. The molecule has 0 saturated carbocycles. The Morgan fingerprint density at radius 2 is 2.21 bits per heavy atom. The molecule has 2 rings (SSSR count). The molecule has 0 aromatic rings. The Hall–Kier alpha value is -1.29. The average molecular weight is 262 g/mol. The Balaban J connectivity index is 2.06. The van der Waals surface area contributed by atoms with Crippen LogP contribution in [0.3, 0.4) is 0 Å². The largest absolute Gasteiger partial charge is 0.384 e. The van der Waals surface area contributed by atoms with E-state index in [0.29, 0.717) is 12.1 Å². The lowest BCUT2D eigenvalue weighted by Crippen LogP contribution is -2.46. The number of amidine groups is 1. The van der Waals surface area contributed by atoms with Crippen molar-refractivity contribution in [2.24, 2.45) is 10.9 Å². The van der Waals surface area contributed by atoms with Gasteiger partial charge in [-0.3, -0.25) is 4.99 Å². The van der Waals surface area contributed by atoms with E-state index in [1.165, 1.54) is 17.7 Å². The molecule has 0 bridgehead atoms. The molecule has 0 aliphatic carbocycles. The first-order valence-electron chi connectivity index (χ1n) is 7.25. The number of hydrogen-bond donors (Lipinski definition) is 3.